The van der Waals surface area contributed by atoms with Gasteiger partial charge in [-0.1, -0.05) is 30.3 Å². The molecule has 1 aromatic heterocycles. The SMILES string of the molecule is COc1ccc(-c2csc(C3=C(O)CN(C(C)c4ccccc4)C3=N)n2)cc1. The van der Waals surface area contributed by atoms with Gasteiger partial charge in [0.15, 0.2) is 0 Å². The van der Waals surface area contributed by atoms with Crippen LogP contribution < -0.4 is 4.74 Å². The van der Waals surface area contributed by atoms with Crippen LogP contribution in [0, 0.1) is 5.41 Å². The summed E-state index contributed by atoms with van der Waals surface area (Å²) < 4.78 is 5.20. The number of aromatic nitrogens is 1. The number of benzene rings is 2. The summed E-state index contributed by atoms with van der Waals surface area (Å²) in [5.74, 6) is 1.30. The van der Waals surface area contributed by atoms with Crippen molar-refractivity contribution >= 4 is 22.7 Å². The molecule has 2 N–H and O–H groups in total. The average Bonchev–Trinajstić information content (AvgIpc) is 3.32. The molecule has 0 bridgehead atoms. The van der Waals surface area contributed by atoms with Crippen molar-refractivity contribution in [2.24, 2.45) is 0 Å². The van der Waals surface area contributed by atoms with Crippen LogP contribution in [-0.4, -0.2) is 34.5 Å². The summed E-state index contributed by atoms with van der Waals surface area (Å²) in [5.41, 5.74) is 3.43. The minimum absolute atomic E-state index is 0.00521. The second kappa shape index (κ2) is 7.48. The molecule has 0 radical (unpaired) electrons. The van der Waals surface area contributed by atoms with Gasteiger partial charge in [-0.25, -0.2) is 4.98 Å². The molecule has 142 valence electrons. The molecule has 6 heteroatoms. The summed E-state index contributed by atoms with van der Waals surface area (Å²) >= 11 is 1.44. The van der Waals surface area contributed by atoms with Crippen molar-refractivity contribution in [3.8, 4) is 17.0 Å². The standard InChI is InChI=1S/C22H21N3O2S/c1-14(15-6-4-3-5-7-15)25-12-19(26)20(21(25)23)22-24-18(13-28-22)16-8-10-17(27-2)11-9-16/h3-11,13-14,23,26H,12H2,1-2H3. The van der Waals surface area contributed by atoms with E-state index in [2.05, 4.69) is 4.98 Å². The number of amidine groups is 1. The van der Waals surface area contributed by atoms with Gasteiger partial charge in [0, 0.05) is 10.9 Å². The van der Waals surface area contributed by atoms with E-state index in [0.29, 0.717) is 23.0 Å². The van der Waals surface area contributed by atoms with Gasteiger partial charge in [0.05, 0.1) is 31.0 Å². The summed E-state index contributed by atoms with van der Waals surface area (Å²) in [4.78, 5) is 6.57. The molecule has 2 heterocycles. The first-order valence-corrected chi connectivity index (χ1v) is 9.89. The maximum Gasteiger partial charge on any atom is 0.135 e. The smallest absolute Gasteiger partial charge is 0.135 e. The molecule has 0 fully saturated rings. The zero-order chi connectivity index (χ0) is 19.7. The van der Waals surface area contributed by atoms with Gasteiger partial charge < -0.3 is 14.7 Å². The number of thiazole rings is 1. The van der Waals surface area contributed by atoms with E-state index in [-0.39, 0.29) is 11.8 Å². The third-order valence-electron chi connectivity index (χ3n) is 4.99. The normalized spacial score (nSPS) is 15.2. The lowest BCUT2D eigenvalue weighted by atomic mass is 10.1. The fourth-order valence-electron chi connectivity index (χ4n) is 3.35. The van der Waals surface area contributed by atoms with Crippen LogP contribution >= 0.6 is 11.3 Å². The van der Waals surface area contributed by atoms with Crippen LogP contribution in [-0.2, 0) is 0 Å². The fraction of sp³-hybridized carbons (Fsp3) is 0.182. The van der Waals surface area contributed by atoms with Crippen molar-refractivity contribution in [3.05, 3.63) is 76.3 Å². The average molecular weight is 391 g/mol. The van der Waals surface area contributed by atoms with Gasteiger partial charge in [0.1, 0.15) is 22.4 Å². The highest BCUT2D eigenvalue weighted by molar-refractivity contribution is 7.11. The Hall–Kier alpha value is -3.12. The van der Waals surface area contributed by atoms with Crippen molar-refractivity contribution in [2.45, 2.75) is 13.0 Å². The van der Waals surface area contributed by atoms with Gasteiger partial charge in [-0.2, -0.15) is 0 Å². The van der Waals surface area contributed by atoms with E-state index in [1.807, 2.05) is 71.8 Å². The Labute approximate surface area is 168 Å². The molecule has 0 saturated heterocycles. The second-order valence-corrected chi connectivity index (χ2v) is 7.51. The molecule has 0 saturated carbocycles. The van der Waals surface area contributed by atoms with Crippen molar-refractivity contribution in [1.29, 1.82) is 5.41 Å². The van der Waals surface area contributed by atoms with E-state index in [1.54, 1.807) is 7.11 Å². The van der Waals surface area contributed by atoms with Crippen LogP contribution in [0.3, 0.4) is 0 Å². The molecule has 1 atom stereocenters. The third-order valence-corrected chi connectivity index (χ3v) is 5.85. The zero-order valence-corrected chi connectivity index (χ0v) is 16.5. The quantitative estimate of drug-likeness (QED) is 0.632. The van der Waals surface area contributed by atoms with Crippen molar-refractivity contribution in [3.63, 3.8) is 0 Å². The number of methoxy groups -OCH3 is 1. The third kappa shape index (κ3) is 3.27. The van der Waals surface area contributed by atoms with Gasteiger partial charge in [-0.15, -0.1) is 11.3 Å². The number of nitrogens with zero attached hydrogens (tertiary/aromatic N) is 2. The summed E-state index contributed by atoms with van der Waals surface area (Å²) in [6.07, 6.45) is 0. The van der Waals surface area contributed by atoms with Gasteiger partial charge in [0.25, 0.3) is 0 Å². The van der Waals surface area contributed by atoms with Crippen molar-refractivity contribution < 1.29 is 9.84 Å². The molecule has 28 heavy (non-hydrogen) atoms. The number of rotatable bonds is 5. The predicted octanol–water partition coefficient (Wildman–Crippen LogP) is 5.14. The number of hydrogen-bond donors (Lipinski definition) is 2. The van der Waals surface area contributed by atoms with Gasteiger partial charge in [0.2, 0.25) is 0 Å². The van der Waals surface area contributed by atoms with Crippen LogP contribution in [0.15, 0.2) is 65.7 Å². The highest BCUT2D eigenvalue weighted by Gasteiger charge is 2.33. The van der Waals surface area contributed by atoms with Crippen LogP contribution in [0.5, 0.6) is 5.75 Å². The Bertz CT molecular complexity index is 1030. The zero-order valence-electron chi connectivity index (χ0n) is 15.7. The Morgan fingerprint density at radius 3 is 2.54 bits per heavy atom. The van der Waals surface area contributed by atoms with E-state index < -0.39 is 0 Å². The molecule has 1 unspecified atom stereocenters. The number of ether oxygens (including phenoxy) is 1. The first-order valence-electron chi connectivity index (χ1n) is 9.01. The minimum Gasteiger partial charge on any atom is -0.510 e. The topological polar surface area (TPSA) is 69.4 Å². The Kier molecular flexibility index (Phi) is 4.88. The van der Waals surface area contributed by atoms with Gasteiger partial charge in [-0.05, 0) is 36.8 Å². The van der Waals surface area contributed by atoms with Crippen LogP contribution in [0.2, 0.25) is 0 Å². The molecule has 4 rings (SSSR count). The van der Waals surface area contributed by atoms with Crippen molar-refractivity contribution in [1.82, 2.24) is 9.88 Å². The van der Waals surface area contributed by atoms with E-state index in [1.165, 1.54) is 11.3 Å². The van der Waals surface area contributed by atoms with E-state index in [9.17, 15) is 5.11 Å². The van der Waals surface area contributed by atoms with E-state index in [0.717, 1.165) is 22.6 Å². The maximum atomic E-state index is 10.6. The van der Waals surface area contributed by atoms with Gasteiger partial charge in [-0.3, -0.25) is 5.41 Å². The minimum atomic E-state index is -0.00521. The largest absolute Gasteiger partial charge is 0.510 e. The molecular weight excluding hydrogens is 370 g/mol. The highest BCUT2D eigenvalue weighted by Crippen LogP contribution is 2.36. The molecule has 3 aromatic rings. The first kappa shape index (κ1) is 18.3. The van der Waals surface area contributed by atoms with E-state index >= 15 is 0 Å². The molecule has 0 amide bonds. The lowest BCUT2D eigenvalue weighted by molar-refractivity contribution is 0.310. The molecule has 0 aliphatic carbocycles. The van der Waals surface area contributed by atoms with Crippen molar-refractivity contribution in [2.75, 3.05) is 13.7 Å². The van der Waals surface area contributed by atoms with Crippen LogP contribution in [0.1, 0.15) is 23.5 Å². The summed E-state index contributed by atoms with van der Waals surface area (Å²) in [6, 6.07) is 17.7. The number of aliphatic hydroxyl groups is 1. The Morgan fingerprint density at radius 2 is 1.86 bits per heavy atom. The fourth-order valence-corrected chi connectivity index (χ4v) is 4.24. The van der Waals surface area contributed by atoms with E-state index in [4.69, 9.17) is 10.1 Å². The first-order chi connectivity index (χ1) is 13.6. The number of aliphatic hydroxyl groups excluding tert-OH is 1. The summed E-state index contributed by atoms with van der Waals surface area (Å²) in [7, 11) is 1.64. The molecular formula is C22H21N3O2S. The lowest BCUT2D eigenvalue weighted by Crippen LogP contribution is -2.29. The molecule has 1 aliphatic rings. The summed E-state index contributed by atoms with van der Waals surface area (Å²) in [6.45, 7) is 2.37. The molecule has 2 aromatic carbocycles. The summed E-state index contributed by atoms with van der Waals surface area (Å²) in [5, 5.41) is 21.8. The second-order valence-electron chi connectivity index (χ2n) is 6.65. The lowest BCUT2D eigenvalue weighted by Gasteiger charge is -2.26. The predicted molar refractivity (Wildman–Crippen MR) is 113 cm³/mol. The highest BCUT2D eigenvalue weighted by atomic mass is 32.1. The van der Waals surface area contributed by atoms with Crippen LogP contribution in [0.25, 0.3) is 16.8 Å². The molecule has 0 spiro atoms. The molecule has 5 nitrogen and oxygen atoms in total. The number of nitrogens with one attached hydrogen (secondary N) is 1. The Balaban J connectivity index is 1.58. The molecule has 1 aliphatic heterocycles. The van der Waals surface area contributed by atoms with Gasteiger partial charge >= 0.3 is 0 Å². The van der Waals surface area contributed by atoms with Crippen LogP contribution in [0.4, 0.5) is 0 Å². The number of hydrogen-bond acceptors (Lipinski definition) is 5. The monoisotopic (exact) mass is 391 g/mol. The maximum absolute atomic E-state index is 10.6. The Morgan fingerprint density at radius 1 is 1.14 bits per heavy atom.